The second kappa shape index (κ2) is 15.4. The molecular weight excluding hydrogens is 909 g/mol. The third-order valence-electron chi connectivity index (χ3n) is 15.5. The van der Waals surface area contributed by atoms with Gasteiger partial charge >= 0.3 is 0 Å². The van der Waals surface area contributed by atoms with Gasteiger partial charge in [0.15, 0.2) is 0 Å². The number of aliphatic imine (C=N–C) groups is 2. The number of furan rings is 1. The highest BCUT2D eigenvalue weighted by atomic mass is 32.1. The summed E-state index contributed by atoms with van der Waals surface area (Å²) >= 11 is 1.84. The van der Waals surface area contributed by atoms with E-state index in [-0.39, 0.29) is 5.92 Å². The number of benzene rings is 11. The monoisotopic (exact) mass is 950 g/mol. The molecule has 342 valence electrons. The van der Waals surface area contributed by atoms with Crippen molar-refractivity contribution in [2.45, 2.75) is 13.3 Å². The van der Waals surface area contributed by atoms with Crippen molar-refractivity contribution >= 4 is 147 Å². The molecule has 0 fully saturated rings. The van der Waals surface area contributed by atoms with Gasteiger partial charge in [0, 0.05) is 74.9 Å². The van der Waals surface area contributed by atoms with Crippen molar-refractivity contribution in [2.75, 3.05) is 0 Å². The first-order valence-electron chi connectivity index (χ1n) is 25.1. The molecule has 0 aliphatic carbocycles. The standard InChI is InChI=1S/C67H42N4OS/c1-39-29-32-56(51-25-14-24-50-48-23-10-13-28-63(48)73-66(50)51)68-67(71-57-26-11-8-21-46(57)47-22-9-12-27-58(47)71)69-64(39)55-38-62-54(49-31-30-40-15-6-7-20-45(40)65(49)72-62)37-61(55)70-59-35-43-18-4-2-16-41(43)33-52(59)53-34-42-17-3-5-19-44(42)36-60(53)70/h2-28,30-39H,29H2,1H3/b56-32+,68-67?,69-64?. The van der Waals surface area contributed by atoms with E-state index in [1.165, 1.54) is 52.5 Å². The summed E-state index contributed by atoms with van der Waals surface area (Å²) in [7, 11) is 0. The predicted octanol–water partition coefficient (Wildman–Crippen LogP) is 18.4. The van der Waals surface area contributed by atoms with E-state index in [0.717, 1.165) is 93.8 Å². The van der Waals surface area contributed by atoms with Crippen LogP contribution in [-0.2, 0) is 0 Å². The van der Waals surface area contributed by atoms with Gasteiger partial charge in [-0.1, -0.05) is 165 Å². The highest BCUT2D eigenvalue weighted by molar-refractivity contribution is 7.26. The Balaban J connectivity index is 1.04. The number of rotatable bonds is 3. The van der Waals surface area contributed by atoms with Crippen LogP contribution in [0.3, 0.4) is 0 Å². The summed E-state index contributed by atoms with van der Waals surface area (Å²) in [6.45, 7) is 2.33. The first kappa shape index (κ1) is 40.6. The minimum Gasteiger partial charge on any atom is -0.455 e. The SMILES string of the molecule is CC1C/C=C(\c2cccc3c2sc2ccccc23)N=C(n2c3ccccc3c3ccccc32)N=C1c1cc2oc3c4ccccc4ccc3c2cc1-n1c2cc3ccccc3cc2c2cc3ccccc3cc21. The fourth-order valence-electron chi connectivity index (χ4n) is 12.1. The van der Waals surface area contributed by atoms with Gasteiger partial charge in [-0.25, -0.2) is 9.98 Å². The van der Waals surface area contributed by atoms with Crippen LogP contribution in [0.4, 0.5) is 0 Å². The number of nitrogens with zero attached hydrogens (tertiary/aromatic N) is 4. The molecule has 1 aliphatic heterocycles. The summed E-state index contributed by atoms with van der Waals surface area (Å²) in [5.41, 5.74) is 11.1. The Labute approximate surface area is 422 Å². The summed E-state index contributed by atoms with van der Waals surface area (Å²) in [6, 6.07) is 77.3. The van der Waals surface area contributed by atoms with Gasteiger partial charge in [0.25, 0.3) is 0 Å². The molecule has 6 heteroatoms. The molecule has 0 spiro atoms. The largest absolute Gasteiger partial charge is 0.455 e. The Morgan fingerprint density at radius 3 is 1.73 bits per heavy atom. The highest BCUT2D eigenvalue weighted by Crippen LogP contribution is 2.44. The number of thiophene rings is 1. The molecule has 0 saturated carbocycles. The van der Waals surface area contributed by atoms with Crippen LogP contribution in [0.5, 0.6) is 0 Å². The Kier molecular flexibility index (Phi) is 8.59. The van der Waals surface area contributed by atoms with Crippen LogP contribution >= 0.6 is 11.3 Å². The van der Waals surface area contributed by atoms with Crippen LogP contribution in [0.25, 0.3) is 129 Å². The first-order valence-corrected chi connectivity index (χ1v) is 25.9. The Morgan fingerprint density at radius 1 is 0.438 bits per heavy atom. The van der Waals surface area contributed by atoms with E-state index in [0.29, 0.717) is 12.4 Å². The topological polar surface area (TPSA) is 47.7 Å². The molecule has 0 amide bonds. The Bertz CT molecular complexity index is 4830. The van der Waals surface area contributed by atoms with Gasteiger partial charge in [-0.3, -0.25) is 4.57 Å². The van der Waals surface area contributed by atoms with Gasteiger partial charge < -0.3 is 8.98 Å². The van der Waals surface area contributed by atoms with Crippen molar-refractivity contribution in [3.63, 3.8) is 0 Å². The molecule has 15 aromatic rings. The number of hydrogen-bond donors (Lipinski definition) is 0. The van der Waals surface area contributed by atoms with Gasteiger partial charge in [-0.05, 0) is 94.0 Å². The molecule has 4 aromatic heterocycles. The molecule has 0 saturated heterocycles. The van der Waals surface area contributed by atoms with E-state index in [2.05, 4.69) is 234 Å². The van der Waals surface area contributed by atoms with Crippen molar-refractivity contribution in [1.82, 2.24) is 9.13 Å². The number of aromatic nitrogens is 2. The molecule has 11 aromatic carbocycles. The Morgan fingerprint density at radius 2 is 1.03 bits per heavy atom. The van der Waals surface area contributed by atoms with E-state index >= 15 is 0 Å². The van der Waals surface area contributed by atoms with E-state index in [1.54, 1.807) is 0 Å². The molecule has 16 rings (SSSR count). The van der Waals surface area contributed by atoms with Crippen molar-refractivity contribution < 1.29 is 4.42 Å². The zero-order chi connectivity index (χ0) is 47.9. The van der Waals surface area contributed by atoms with Crippen molar-refractivity contribution in [3.05, 3.63) is 230 Å². The molecule has 0 N–H and O–H groups in total. The molecule has 0 radical (unpaired) electrons. The van der Waals surface area contributed by atoms with Crippen LogP contribution in [0.2, 0.25) is 0 Å². The van der Waals surface area contributed by atoms with Crippen molar-refractivity contribution in [3.8, 4) is 5.69 Å². The average Bonchev–Trinajstić information content (AvgIpc) is 4.18. The van der Waals surface area contributed by atoms with E-state index in [1.807, 2.05) is 11.3 Å². The lowest BCUT2D eigenvalue weighted by molar-refractivity contribution is 0.672. The van der Waals surface area contributed by atoms with Gasteiger partial charge in [0.2, 0.25) is 5.96 Å². The highest BCUT2D eigenvalue weighted by Gasteiger charge is 2.28. The van der Waals surface area contributed by atoms with Gasteiger partial charge in [-0.15, -0.1) is 11.3 Å². The molecule has 73 heavy (non-hydrogen) atoms. The quantitative estimate of drug-likeness (QED) is 0.174. The normalized spacial score (nSPS) is 15.4. The summed E-state index contributed by atoms with van der Waals surface area (Å²) in [4.78, 5) is 11.8. The molecule has 1 atom stereocenters. The average molecular weight is 951 g/mol. The van der Waals surface area contributed by atoms with E-state index < -0.39 is 0 Å². The molecule has 5 heterocycles. The molecule has 1 aliphatic rings. The molecule has 0 bridgehead atoms. The first-order chi connectivity index (χ1) is 36.1. The second-order valence-electron chi connectivity index (χ2n) is 19.7. The lowest BCUT2D eigenvalue weighted by Gasteiger charge is -2.22. The lowest BCUT2D eigenvalue weighted by atomic mass is 9.91. The fourth-order valence-corrected chi connectivity index (χ4v) is 13.3. The Hall–Kier alpha value is -9.10. The zero-order valence-corrected chi connectivity index (χ0v) is 40.5. The summed E-state index contributed by atoms with van der Waals surface area (Å²) < 4.78 is 14.4. The molecular formula is C67H42N4OS. The summed E-state index contributed by atoms with van der Waals surface area (Å²) in [5.74, 6) is 0.565. The number of para-hydroxylation sites is 2. The van der Waals surface area contributed by atoms with Crippen LogP contribution in [0, 0.1) is 5.92 Å². The number of fused-ring (bicyclic) bond motifs is 16. The van der Waals surface area contributed by atoms with Crippen LogP contribution < -0.4 is 0 Å². The maximum Gasteiger partial charge on any atom is 0.235 e. The van der Waals surface area contributed by atoms with Gasteiger partial charge in [-0.2, -0.15) is 0 Å². The van der Waals surface area contributed by atoms with Gasteiger partial charge in [0.1, 0.15) is 11.2 Å². The smallest absolute Gasteiger partial charge is 0.235 e. The molecule has 1 unspecified atom stereocenters. The van der Waals surface area contributed by atoms with E-state index in [9.17, 15) is 0 Å². The van der Waals surface area contributed by atoms with E-state index in [4.69, 9.17) is 14.4 Å². The maximum absolute atomic E-state index is 7.10. The minimum absolute atomic E-state index is 0.0497. The number of allylic oxidation sites excluding steroid dienone is 1. The second-order valence-corrected chi connectivity index (χ2v) is 20.7. The predicted molar refractivity (Wildman–Crippen MR) is 310 cm³/mol. The maximum atomic E-state index is 7.10. The fraction of sp³-hybridized carbons (Fsp3) is 0.0448. The summed E-state index contributed by atoms with van der Waals surface area (Å²) in [6.07, 6.45) is 3.07. The van der Waals surface area contributed by atoms with Gasteiger partial charge in [0.05, 0.1) is 39.2 Å². The molecule has 5 nitrogen and oxygen atoms in total. The third kappa shape index (κ3) is 6.02. The van der Waals surface area contributed by atoms with Crippen LogP contribution in [-0.4, -0.2) is 20.8 Å². The van der Waals surface area contributed by atoms with Crippen molar-refractivity contribution in [2.24, 2.45) is 15.9 Å². The minimum atomic E-state index is -0.0497. The van der Waals surface area contributed by atoms with Crippen LogP contribution in [0.1, 0.15) is 24.5 Å². The third-order valence-corrected chi connectivity index (χ3v) is 16.7. The zero-order valence-electron chi connectivity index (χ0n) is 39.7. The lowest BCUT2D eigenvalue weighted by Crippen LogP contribution is -2.21. The number of hydrogen-bond acceptors (Lipinski definition) is 4. The van der Waals surface area contributed by atoms with Crippen molar-refractivity contribution in [1.29, 1.82) is 0 Å². The summed E-state index contributed by atoms with van der Waals surface area (Å²) in [5, 5.41) is 16.4. The van der Waals surface area contributed by atoms with Crippen LogP contribution in [0.15, 0.2) is 233 Å².